The summed E-state index contributed by atoms with van der Waals surface area (Å²) >= 11 is 0. The smallest absolute Gasteiger partial charge is 0.00762 e. The Hall–Kier alpha value is -0.300. The average Bonchev–Trinajstić information content (AvgIpc) is 1.88. The molecule has 0 amide bonds. The topological polar surface area (TPSA) is 26.0 Å². The molecule has 1 saturated carbocycles. The van der Waals surface area contributed by atoms with Crippen molar-refractivity contribution in [2.24, 2.45) is 5.73 Å². The molecule has 58 valence electrons. The maximum absolute atomic E-state index is 5.83. The summed E-state index contributed by atoms with van der Waals surface area (Å²) in [7, 11) is 0. The highest BCUT2D eigenvalue weighted by molar-refractivity contribution is 5.13. The molecule has 0 bridgehead atoms. The molecule has 1 unspecified atom stereocenters. The second-order valence-electron chi connectivity index (χ2n) is 3.46. The highest BCUT2D eigenvalue weighted by Gasteiger charge is 2.12. The quantitative estimate of drug-likeness (QED) is 0.512. The van der Waals surface area contributed by atoms with Crippen LogP contribution in [0.2, 0.25) is 0 Å². The van der Waals surface area contributed by atoms with Gasteiger partial charge in [-0.25, -0.2) is 0 Å². The van der Waals surface area contributed by atoms with Crippen LogP contribution in [0.5, 0.6) is 0 Å². The molecule has 0 aromatic heterocycles. The minimum absolute atomic E-state index is 0.443. The lowest BCUT2D eigenvalue weighted by Gasteiger charge is -2.21. The van der Waals surface area contributed by atoms with E-state index >= 15 is 0 Å². The van der Waals surface area contributed by atoms with Crippen LogP contribution in [0.1, 0.15) is 39.5 Å². The van der Waals surface area contributed by atoms with E-state index in [1.165, 1.54) is 24.8 Å². The Morgan fingerprint density at radius 2 is 2.20 bits per heavy atom. The Morgan fingerprint density at radius 3 is 2.60 bits per heavy atom. The summed E-state index contributed by atoms with van der Waals surface area (Å²) in [4.78, 5) is 0. The minimum atomic E-state index is 0.443. The van der Waals surface area contributed by atoms with Crippen molar-refractivity contribution in [2.75, 3.05) is 0 Å². The van der Waals surface area contributed by atoms with Crippen LogP contribution in [0.4, 0.5) is 0 Å². The maximum Gasteiger partial charge on any atom is 0.00762 e. The van der Waals surface area contributed by atoms with Crippen molar-refractivity contribution in [3.05, 3.63) is 11.1 Å². The Kier molecular flexibility index (Phi) is 2.50. The Labute approximate surface area is 63.3 Å². The number of hydrogen-bond acceptors (Lipinski definition) is 1. The Morgan fingerprint density at radius 1 is 1.50 bits per heavy atom. The van der Waals surface area contributed by atoms with Crippen molar-refractivity contribution >= 4 is 0 Å². The Bertz CT molecular complexity index is 143. The van der Waals surface area contributed by atoms with E-state index in [2.05, 4.69) is 13.8 Å². The third kappa shape index (κ3) is 1.84. The molecule has 0 aromatic rings. The number of allylic oxidation sites excluding steroid dienone is 1. The summed E-state index contributed by atoms with van der Waals surface area (Å²) < 4.78 is 0. The van der Waals surface area contributed by atoms with Crippen molar-refractivity contribution in [3.63, 3.8) is 0 Å². The third-order valence-corrected chi connectivity index (χ3v) is 2.27. The molecule has 1 aliphatic rings. The molecule has 0 radical (unpaired) electrons. The van der Waals surface area contributed by atoms with Crippen molar-refractivity contribution in [2.45, 2.75) is 45.6 Å². The predicted molar refractivity (Wildman–Crippen MR) is 44.8 cm³/mol. The van der Waals surface area contributed by atoms with E-state index in [0.29, 0.717) is 6.04 Å². The molecule has 0 saturated heterocycles. The predicted octanol–water partition coefficient (Wildman–Crippen LogP) is 2.22. The van der Waals surface area contributed by atoms with E-state index in [1.807, 2.05) is 0 Å². The van der Waals surface area contributed by atoms with E-state index in [9.17, 15) is 0 Å². The van der Waals surface area contributed by atoms with Gasteiger partial charge in [-0.05, 0) is 39.5 Å². The lowest BCUT2D eigenvalue weighted by Crippen LogP contribution is -2.24. The molecule has 2 N–H and O–H groups in total. The van der Waals surface area contributed by atoms with Gasteiger partial charge in [0.1, 0.15) is 0 Å². The first-order valence-electron chi connectivity index (χ1n) is 4.11. The molecule has 0 aromatic carbocycles. The minimum Gasteiger partial charge on any atom is -0.327 e. The van der Waals surface area contributed by atoms with Gasteiger partial charge in [0.15, 0.2) is 0 Å². The fourth-order valence-electron chi connectivity index (χ4n) is 1.55. The van der Waals surface area contributed by atoms with Gasteiger partial charge in [0.25, 0.3) is 0 Å². The molecule has 1 fully saturated rings. The first-order chi connectivity index (χ1) is 4.70. The zero-order valence-corrected chi connectivity index (χ0v) is 6.98. The number of nitrogens with two attached hydrogens (primary N) is 1. The van der Waals surface area contributed by atoms with Gasteiger partial charge in [-0.2, -0.15) is 0 Å². The van der Waals surface area contributed by atoms with Crippen LogP contribution < -0.4 is 5.73 Å². The fourth-order valence-corrected chi connectivity index (χ4v) is 1.55. The van der Waals surface area contributed by atoms with Crippen molar-refractivity contribution < 1.29 is 0 Å². The molecule has 1 atom stereocenters. The number of rotatable bonds is 0. The van der Waals surface area contributed by atoms with Gasteiger partial charge >= 0.3 is 0 Å². The molecular formula is C9H17N. The van der Waals surface area contributed by atoms with E-state index in [1.54, 1.807) is 5.57 Å². The summed E-state index contributed by atoms with van der Waals surface area (Å²) in [6, 6.07) is 0.443. The van der Waals surface area contributed by atoms with Gasteiger partial charge in [0.2, 0.25) is 0 Å². The van der Waals surface area contributed by atoms with Gasteiger partial charge in [-0.1, -0.05) is 11.1 Å². The second kappa shape index (κ2) is 3.20. The van der Waals surface area contributed by atoms with Gasteiger partial charge in [0.05, 0.1) is 0 Å². The first kappa shape index (κ1) is 7.80. The zero-order valence-electron chi connectivity index (χ0n) is 6.98. The molecule has 10 heavy (non-hydrogen) atoms. The highest BCUT2D eigenvalue weighted by atomic mass is 14.6. The SMILES string of the molecule is CC(C)=C1CCCC(N)C1. The third-order valence-electron chi connectivity index (χ3n) is 2.27. The summed E-state index contributed by atoms with van der Waals surface area (Å²) in [5, 5.41) is 0. The average molecular weight is 139 g/mol. The summed E-state index contributed by atoms with van der Waals surface area (Å²) in [5.41, 5.74) is 8.91. The molecular weight excluding hydrogens is 122 g/mol. The highest BCUT2D eigenvalue weighted by Crippen LogP contribution is 2.24. The van der Waals surface area contributed by atoms with Crippen LogP contribution >= 0.6 is 0 Å². The lowest BCUT2D eigenvalue weighted by atomic mass is 9.89. The summed E-state index contributed by atoms with van der Waals surface area (Å²) in [6.07, 6.45) is 4.94. The first-order valence-corrected chi connectivity index (χ1v) is 4.11. The standard InChI is InChI=1S/C9H17N/c1-7(2)8-4-3-5-9(10)6-8/h9H,3-6,10H2,1-2H3. The molecule has 1 nitrogen and oxygen atoms in total. The molecule has 1 aliphatic carbocycles. The number of hydrogen-bond donors (Lipinski definition) is 1. The maximum atomic E-state index is 5.83. The zero-order chi connectivity index (χ0) is 7.56. The van der Waals surface area contributed by atoms with E-state index in [-0.39, 0.29) is 0 Å². The second-order valence-corrected chi connectivity index (χ2v) is 3.46. The van der Waals surface area contributed by atoms with Gasteiger partial charge < -0.3 is 5.73 Å². The van der Waals surface area contributed by atoms with Crippen LogP contribution in [0.25, 0.3) is 0 Å². The summed E-state index contributed by atoms with van der Waals surface area (Å²) in [6.45, 7) is 4.38. The summed E-state index contributed by atoms with van der Waals surface area (Å²) in [5.74, 6) is 0. The van der Waals surface area contributed by atoms with Gasteiger partial charge in [-0.3, -0.25) is 0 Å². The van der Waals surface area contributed by atoms with E-state index < -0.39 is 0 Å². The van der Waals surface area contributed by atoms with Crippen LogP contribution in [0, 0.1) is 0 Å². The Balaban J connectivity index is 2.55. The van der Waals surface area contributed by atoms with Crippen molar-refractivity contribution in [1.29, 1.82) is 0 Å². The molecule has 1 heteroatoms. The lowest BCUT2D eigenvalue weighted by molar-refractivity contribution is 0.514. The normalized spacial score (nSPS) is 26.7. The van der Waals surface area contributed by atoms with Crippen LogP contribution in [0.3, 0.4) is 0 Å². The van der Waals surface area contributed by atoms with Gasteiger partial charge in [-0.15, -0.1) is 0 Å². The molecule has 1 rings (SSSR count). The fraction of sp³-hybridized carbons (Fsp3) is 0.778. The van der Waals surface area contributed by atoms with E-state index in [4.69, 9.17) is 5.73 Å². The van der Waals surface area contributed by atoms with E-state index in [0.717, 1.165) is 6.42 Å². The van der Waals surface area contributed by atoms with Crippen LogP contribution in [-0.2, 0) is 0 Å². The molecule has 0 aliphatic heterocycles. The van der Waals surface area contributed by atoms with Crippen LogP contribution in [0.15, 0.2) is 11.1 Å². The van der Waals surface area contributed by atoms with Crippen molar-refractivity contribution in [1.82, 2.24) is 0 Å². The monoisotopic (exact) mass is 139 g/mol. The largest absolute Gasteiger partial charge is 0.327 e. The van der Waals surface area contributed by atoms with Crippen molar-refractivity contribution in [3.8, 4) is 0 Å². The van der Waals surface area contributed by atoms with Crippen LogP contribution in [-0.4, -0.2) is 6.04 Å². The molecule has 0 heterocycles. The molecule has 0 spiro atoms. The van der Waals surface area contributed by atoms with Gasteiger partial charge in [0, 0.05) is 6.04 Å².